The van der Waals surface area contributed by atoms with E-state index in [4.69, 9.17) is 4.74 Å². The topological polar surface area (TPSA) is 61.2 Å². The third-order valence-corrected chi connectivity index (χ3v) is 3.60. The molecule has 2 heterocycles. The Hall–Kier alpha value is -2.95. The first-order valence-corrected chi connectivity index (χ1v) is 7.37. The molecule has 0 radical (unpaired) electrons. The molecule has 3 rings (SSSR count). The number of benzene rings is 1. The molecule has 0 amide bonds. The summed E-state index contributed by atoms with van der Waals surface area (Å²) in [5.74, 6) is -0.464. The molecule has 116 valence electrons. The first-order valence-electron chi connectivity index (χ1n) is 7.37. The number of nitrogens with zero attached hydrogens (tertiary/aromatic N) is 2. The highest BCUT2D eigenvalue weighted by atomic mass is 16.5. The first-order chi connectivity index (χ1) is 11.1. The van der Waals surface area contributed by atoms with Crippen molar-refractivity contribution in [2.75, 3.05) is 6.61 Å². The van der Waals surface area contributed by atoms with Gasteiger partial charge in [0.25, 0.3) is 5.56 Å². The van der Waals surface area contributed by atoms with Crippen LogP contribution in [0.15, 0.2) is 53.5 Å². The Labute approximate surface area is 133 Å². The van der Waals surface area contributed by atoms with Crippen LogP contribution in [0, 0.1) is 6.92 Å². The monoisotopic (exact) mass is 308 g/mol. The Bertz CT molecular complexity index is 930. The molecule has 0 spiro atoms. The smallest absolute Gasteiger partial charge is 0.339 e. The summed E-state index contributed by atoms with van der Waals surface area (Å²) >= 11 is 0. The third kappa shape index (κ3) is 2.73. The van der Waals surface area contributed by atoms with E-state index < -0.39 is 5.97 Å². The van der Waals surface area contributed by atoms with Crippen LogP contribution in [-0.2, 0) is 4.74 Å². The van der Waals surface area contributed by atoms with Gasteiger partial charge in [0.15, 0.2) is 0 Å². The highest BCUT2D eigenvalue weighted by Crippen LogP contribution is 2.16. The Balaban J connectivity index is 2.22. The molecule has 0 saturated heterocycles. The summed E-state index contributed by atoms with van der Waals surface area (Å²) in [6, 6.07) is 12.7. The number of hydrogen-bond donors (Lipinski definition) is 0. The number of rotatable bonds is 3. The average molecular weight is 308 g/mol. The molecule has 1 aromatic carbocycles. The van der Waals surface area contributed by atoms with E-state index in [1.807, 2.05) is 30.3 Å². The van der Waals surface area contributed by atoms with Crippen LogP contribution in [0.1, 0.15) is 23.0 Å². The number of fused-ring (bicyclic) bond motifs is 1. The molecule has 0 aliphatic heterocycles. The van der Waals surface area contributed by atoms with Crippen molar-refractivity contribution in [1.82, 2.24) is 9.55 Å². The molecule has 0 aliphatic carbocycles. The number of hydrogen-bond acceptors (Lipinski definition) is 4. The molecule has 5 nitrogen and oxygen atoms in total. The fourth-order valence-electron chi connectivity index (χ4n) is 2.47. The predicted molar refractivity (Wildman–Crippen MR) is 88.0 cm³/mol. The molecule has 5 heteroatoms. The maximum atomic E-state index is 12.7. The van der Waals surface area contributed by atoms with Crippen molar-refractivity contribution in [2.24, 2.45) is 0 Å². The quantitative estimate of drug-likeness (QED) is 0.698. The van der Waals surface area contributed by atoms with Crippen molar-refractivity contribution >= 4 is 16.9 Å². The van der Waals surface area contributed by atoms with E-state index in [2.05, 4.69) is 4.98 Å². The van der Waals surface area contributed by atoms with Crippen LogP contribution in [0.25, 0.3) is 16.6 Å². The molecular weight excluding hydrogens is 292 g/mol. The van der Waals surface area contributed by atoms with Gasteiger partial charge in [-0.15, -0.1) is 0 Å². The number of pyridine rings is 2. The summed E-state index contributed by atoms with van der Waals surface area (Å²) in [6.45, 7) is 3.75. The van der Waals surface area contributed by atoms with Gasteiger partial charge in [-0.05, 0) is 38.1 Å². The highest BCUT2D eigenvalue weighted by molar-refractivity contribution is 5.94. The lowest BCUT2D eigenvalue weighted by Crippen LogP contribution is -2.19. The van der Waals surface area contributed by atoms with Gasteiger partial charge in [-0.1, -0.05) is 18.2 Å². The van der Waals surface area contributed by atoms with Crippen LogP contribution < -0.4 is 5.56 Å². The Morgan fingerprint density at radius 3 is 2.65 bits per heavy atom. The number of aryl methyl sites for hydroxylation is 1. The van der Waals surface area contributed by atoms with E-state index in [9.17, 15) is 9.59 Å². The van der Waals surface area contributed by atoms with Crippen molar-refractivity contribution < 1.29 is 9.53 Å². The summed E-state index contributed by atoms with van der Waals surface area (Å²) in [7, 11) is 0. The lowest BCUT2D eigenvalue weighted by molar-refractivity contribution is 0.0525. The molecule has 0 N–H and O–H groups in total. The SMILES string of the molecule is CCOC(=O)c1cc2c(=O)n(-c3ccccc3)ccc2nc1C. The van der Waals surface area contributed by atoms with Crippen molar-refractivity contribution in [3.8, 4) is 5.69 Å². The summed E-state index contributed by atoms with van der Waals surface area (Å²) in [4.78, 5) is 29.1. The van der Waals surface area contributed by atoms with Gasteiger partial charge < -0.3 is 4.74 Å². The van der Waals surface area contributed by atoms with Crippen molar-refractivity contribution in [3.63, 3.8) is 0 Å². The van der Waals surface area contributed by atoms with E-state index in [1.165, 1.54) is 4.57 Å². The van der Waals surface area contributed by atoms with Gasteiger partial charge in [-0.3, -0.25) is 14.3 Å². The van der Waals surface area contributed by atoms with Gasteiger partial charge in [0.2, 0.25) is 0 Å². The van der Waals surface area contributed by atoms with Gasteiger partial charge in [0.1, 0.15) is 0 Å². The molecule has 0 fully saturated rings. The molecular formula is C18H16N2O3. The molecule has 3 aromatic rings. The number of carbonyl (C=O) groups excluding carboxylic acids is 1. The fraction of sp³-hybridized carbons (Fsp3) is 0.167. The Morgan fingerprint density at radius 1 is 1.22 bits per heavy atom. The summed E-state index contributed by atoms with van der Waals surface area (Å²) in [5.41, 5.74) is 1.98. The summed E-state index contributed by atoms with van der Waals surface area (Å²) in [6.07, 6.45) is 1.69. The summed E-state index contributed by atoms with van der Waals surface area (Å²) < 4.78 is 6.56. The normalized spacial score (nSPS) is 10.7. The Kier molecular flexibility index (Phi) is 3.93. The van der Waals surface area contributed by atoms with E-state index in [0.717, 1.165) is 5.69 Å². The average Bonchev–Trinajstić information content (AvgIpc) is 2.55. The number of esters is 1. The van der Waals surface area contributed by atoms with Crippen LogP contribution in [0.3, 0.4) is 0 Å². The van der Waals surface area contributed by atoms with Crippen LogP contribution in [-0.4, -0.2) is 22.1 Å². The molecule has 0 bridgehead atoms. The summed E-state index contributed by atoms with van der Waals surface area (Å²) in [5, 5.41) is 0.394. The number of para-hydroxylation sites is 1. The molecule has 0 unspecified atom stereocenters. The second-order valence-electron chi connectivity index (χ2n) is 5.10. The number of ether oxygens (including phenoxy) is 1. The molecule has 0 saturated carbocycles. The van der Waals surface area contributed by atoms with Gasteiger partial charge >= 0.3 is 5.97 Å². The van der Waals surface area contributed by atoms with E-state index in [-0.39, 0.29) is 12.2 Å². The minimum Gasteiger partial charge on any atom is -0.462 e. The van der Waals surface area contributed by atoms with Crippen molar-refractivity contribution in [3.05, 3.63) is 70.3 Å². The first kappa shape index (κ1) is 15.0. The zero-order chi connectivity index (χ0) is 16.4. The van der Waals surface area contributed by atoms with E-state index in [0.29, 0.717) is 22.2 Å². The Morgan fingerprint density at radius 2 is 1.96 bits per heavy atom. The van der Waals surface area contributed by atoms with Crippen LogP contribution in [0.5, 0.6) is 0 Å². The molecule has 2 aromatic heterocycles. The molecule has 23 heavy (non-hydrogen) atoms. The molecule has 0 aliphatic rings. The number of aromatic nitrogens is 2. The van der Waals surface area contributed by atoms with Gasteiger partial charge in [0.05, 0.1) is 28.8 Å². The second-order valence-corrected chi connectivity index (χ2v) is 5.10. The van der Waals surface area contributed by atoms with E-state index in [1.54, 1.807) is 32.2 Å². The lowest BCUT2D eigenvalue weighted by atomic mass is 10.1. The molecule has 0 atom stereocenters. The number of carbonyl (C=O) groups is 1. The maximum absolute atomic E-state index is 12.7. The minimum atomic E-state index is -0.464. The predicted octanol–water partition coefficient (Wildman–Crippen LogP) is 2.87. The van der Waals surface area contributed by atoms with E-state index >= 15 is 0 Å². The standard InChI is InChI=1S/C18H16N2O3/c1-3-23-18(22)14-11-15-16(19-12(14)2)9-10-20(17(15)21)13-7-5-4-6-8-13/h4-11H,3H2,1-2H3. The minimum absolute atomic E-state index is 0.216. The lowest BCUT2D eigenvalue weighted by Gasteiger charge is -2.09. The van der Waals surface area contributed by atoms with Gasteiger partial charge in [-0.25, -0.2) is 4.79 Å². The third-order valence-electron chi connectivity index (χ3n) is 3.60. The van der Waals surface area contributed by atoms with Crippen LogP contribution >= 0.6 is 0 Å². The van der Waals surface area contributed by atoms with Gasteiger partial charge in [-0.2, -0.15) is 0 Å². The maximum Gasteiger partial charge on any atom is 0.339 e. The van der Waals surface area contributed by atoms with Crippen molar-refractivity contribution in [2.45, 2.75) is 13.8 Å². The zero-order valence-electron chi connectivity index (χ0n) is 12.9. The second kappa shape index (κ2) is 6.04. The van der Waals surface area contributed by atoms with Crippen molar-refractivity contribution in [1.29, 1.82) is 0 Å². The van der Waals surface area contributed by atoms with Crippen LogP contribution in [0.4, 0.5) is 0 Å². The van der Waals surface area contributed by atoms with Crippen LogP contribution in [0.2, 0.25) is 0 Å². The highest BCUT2D eigenvalue weighted by Gasteiger charge is 2.15. The largest absolute Gasteiger partial charge is 0.462 e. The zero-order valence-corrected chi connectivity index (χ0v) is 12.9. The fourth-order valence-corrected chi connectivity index (χ4v) is 2.47. The van der Waals surface area contributed by atoms with Gasteiger partial charge in [0, 0.05) is 11.9 Å².